The Morgan fingerprint density at radius 3 is 2.18 bits per heavy atom. The smallest absolute Gasteiger partial charge is 0.407 e. The normalized spacial score (nSPS) is 10.4. The quantitative estimate of drug-likeness (QED) is 0.458. The molecule has 7 nitrogen and oxygen atoms in total. The van der Waals surface area contributed by atoms with Gasteiger partial charge in [-0.15, -0.1) is 0 Å². The van der Waals surface area contributed by atoms with Gasteiger partial charge in [0.2, 0.25) is 0 Å². The molecule has 3 rings (SSSR count). The van der Waals surface area contributed by atoms with Crippen LogP contribution in [0.2, 0.25) is 0 Å². The minimum Gasteiger partial charge on any atom is -0.459 e. The number of ether oxygens (including phenoxy) is 2. The third kappa shape index (κ3) is 12.4. The summed E-state index contributed by atoms with van der Waals surface area (Å²) in [6.07, 6.45) is -0.526. The van der Waals surface area contributed by atoms with E-state index in [-0.39, 0.29) is 12.1 Å². The molecular formula is C27H37N3O4. The van der Waals surface area contributed by atoms with Gasteiger partial charge in [-0.25, -0.2) is 14.6 Å². The Balaban J connectivity index is 0.000000296. The van der Waals surface area contributed by atoms with E-state index in [9.17, 15) is 9.59 Å². The van der Waals surface area contributed by atoms with Gasteiger partial charge in [-0.2, -0.15) is 0 Å². The average molecular weight is 468 g/mol. The van der Waals surface area contributed by atoms with Gasteiger partial charge in [-0.1, -0.05) is 58.0 Å². The lowest BCUT2D eigenvalue weighted by Crippen LogP contribution is -2.18. The maximum Gasteiger partial charge on any atom is 0.407 e. The van der Waals surface area contributed by atoms with Gasteiger partial charge in [-0.3, -0.25) is 0 Å². The van der Waals surface area contributed by atoms with E-state index < -0.39 is 6.09 Å². The monoisotopic (exact) mass is 467 g/mol. The number of hydrogen-bond donors (Lipinski definition) is 2. The zero-order valence-electron chi connectivity index (χ0n) is 21.2. The molecule has 3 aromatic rings. The van der Waals surface area contributed by atoms with Gasteiger partial charge in [-0.05, 0) is 55.2 Å². The van der Waals surface area contributed by atoms with Crippen molar-refractivity contribution in [3.8, 4) is 0 Å². The van der Waals surface area contributed by atoms with Crippen LogP contribution in [0.3, 0.4) is 0 Å². The second-order valence-electron chi connectivity index (χ2n) is 9.41. The van der Waals surface area contributed by atoms with Crippen LogP contribution in [-0.4, -0.2) is 30.2 Å². The van der Waals surface area contributed by atoms with Crippen molar-refractivity contribution in [1.29, 1.82) is 0 Å². The highest BCUT2D eigenvalue weighted by Gasteiger charge is 2.09. The fraction of sp³-hybridized carbons (Fsp3) is 0.370. The van der Waals surface area contributed by atoms with Crippen molar-refractivity contribution in [2.24, 2.45) is 5.41 Å². The Morgan fingerprint density at radius 1 is 1.00 bits per heavy atom. The number of nitrogen functional groups attached to an aromatic ring is 1. The van der Waals surface area contributed by atoms with Gasteiger partial charge in [0.05, 0.1) is 17.2 Å². The number of nitrogens with zero attached hydrogens (tertiary/aromatic N) is 1. The second-order valence-corrected chi connectivity index (χ2v) is 9.41. The molecule has 0 radical (unpaired) electrons. The van der Waals surface area contributed by atoms with E-state index in [2.05, 4.69) is 38.0 Å². The molecule has 0 fully saturated rings. The summed E-state index contributed by atoms with van der Waals surface area (Å²) in [5.74, 6) is 0.147. The number of carbonyl (C=O) groups excluding carboxylic acids is 2. The molecule has 1 heterocycles. The predicted molar refractivity (Wildman–Crippen MR) is 138 cm³/mol. The molecule has 0 unspecified atom stereocenters. The second kappa shape index (κ2) is 13.8. The molecule has 1 amide bonds. The fourth-order valence-corrected chi connectivity index (χ4v) is 2.35. The van der Waals surface area contributed by atoms with Gasteiger partial charge < -0.3 is 20.5 Å². The molecule has 2 aromatic carbocycles. The lowest BCUT2D eigenvalue weighted by Gasteiger charge is -2.08. The Kier molecular flexibility index (Phi) is 11.6. The Hall–Kier alpha value is -3.61. The third-order valence-corrected chi connectivity index (χ3v) is 3.71. The zero-order valence-corrected chi connectivity index (χ0v) is 21.2. The maximum absolute atomic E-state index is 11.7. The summed E-state index contributed by atoms with van der Waals surface area (Å²) >= 11 is 0. The number of nitrogens with one attached hydrogen (secondary N) is 1. The zero-order chi connectivity index (χ0) is 25.7. The highest BCUT2D eigenvalue weighted by atomic mass is 16.5. The maximum atomic E-state index is 11.7. The number of pyridine rings is 1. The summed E-state index contributed by atoms with van der Waals surface area (Å²) in [4.78, 5) is 26.5. The summed E-state index contributed by atoms with van der Waals surface area (Å²) in [6.45, 7) is 12.7. The molecule has 7 heteroatoms. The van der Waals surface area contributed by atoms with Crippen molar-refractivity contribution in [3.05, 3.63) is 71.8 Å². The number of rotatable bonds is 4. The molecule has 0 saturated heterocycles. The van der Waals surface area contributed by atoms with Gasteiger partial charge in [0.25, 0.3) is 0 Å². The van der Waals surface area contributed by atoms with Crippen LogP contribution in [0.4, 0.5) is 10.6 Å². The van der Waals surface area contributed by atoms with Crippen molar-refractivity contribution in [1.82, 2.24) is 10.3 Å². The van der Waals surface area contributed by atoms with Crippen molar-refractivity contribution >= 4 is 28.8 Å². The first-order valence-electron chi connectivity index (χ1n) is 11.1. The van der Waals surface area contributed by atoms with Gasteiger partial charge in [0.15, 0.2) is 0 Å². The number of nitrogens with two attached hydrogens (primary N) is 1. The SMILES string of the molecule is CC(C)(C)C.CC(C)OC(=O)c1ccc2nc(N)ccc2c1.CNC(=O)OCc1ccccc1. The largest absolute Gasteiger partial charge is 0.459 e. The van der Waals surface area contributed by atoms with E-state index in [1.165, 1.54) is 7.05 Å². The number of esters is 1. The minimum absolute atomic E-state index is 0.122. The van der Waals surface area contributed by atoms with Gasteiger partial charge in [0, 0.05) is 12.4 Å². The molecule has 34 heavy (non-hydrogen) atoms. The first-order chi connectivity index (χ1) is 15.9. The van der Waals surface area contributed by atoms with E-state index in [1.807, 2.05) is 50.2 Å². The lowest BCUT2D eigenvalue weighted by atomic mass is 10.0. The molecule has 0 bridgehead atoms. The fourth-order valence-electron chi connectivity index (χ4n) is 2.35. The highest BCUT2D eigenvalue weighted by Crippen LogP contribution is 2.16. The number of benzene rings is 2. The number of anilines is 1. The highest BCUT2D eigenvalue weighted by molar-refractivity contribution is 5.94. The number of alkyl carbamates (subject to hydrolysis) is 1. The molecule has 3 N–H and O–H groups in total. The van der Waals surface area contributed by atoms with Crippen LogP contribution in [0.15, 0.2) is 60.7 Å². The lowest BCUT2D eigenvalue weighted by molar-refractivity contribution is 0.0378. The van der Waals surface area contributed by atoms with Crippen molar-refractivity contribution < 1.29 is 19.1 Å². The Bertz CT molecular complexity index is 1040. The number of hydrogen-bond acceptors (Lipinski definition) is 6. The molecule has 0 spiro atoms. The first kappa shape index (κ1) is 28.4. The van der Waals surface area contributed by atoms with Crippen molar-refractivity contribution in [2.75, 3.05) is 12.8 Å². The first-order valence-corrected chi connectivity index (χ1v) is 11.1. The number of carbonyl (C=O) groups is 2. The van der Waals surface area contributed by atoms with E-state index in [4.69, 9.17) is 15.2 Å². The van der Waals surface area contributed by atoms with E-state index in [0.717, 1.165) is 16.5 Å². The summed E-state index contributed by atoms with van der Waals surface area (Å²) < 4.78 is 9.95. The minimum atomic E-state index is -0.404. The number of fused-ring (bicyclic) bond motifs is 1. The van der Waals surface area contributed by atoms with E-state index >= 15 is 0 Å². The molecule has 0 saturated carbocycles. The molecule has 184 valence electrons. The summed E-state index contributed by atoms with van der Waals surface area (Å²) in [5, 5.41) is 3.25. The van der Waals surface area contributed by atoms with Crippen LogP contribution in [0.1, 0.15) is 57.5 Å². The number of aromatic nitrogens is 1. The van der Waals surface area contributed by atoms with Crippen molar-refractivity contribution in [3.63, 3.8) is 0 Å². The standard InChI is InChI=1S/C13H14N2O2.C9H11NO2.C5H12/c1-8(2)17-13(16)10-3-5-11-9(7-10)4-6-12(14)15-11;1-10-9(11)12-7-8-5-3-2-4-6-8;1-5(2,3)4/h3-8H,1-2H3,(H2,14,15);2-6H,7H2,1H3,(H,10,11);1-4H3. The van der Waals surface area contributed by atoms with Crippen LogP contribution in [-0.2, 0) is 16.1 Å². The molecule has 0 atom stereocenters. The predicted octanol–water partition coefficient (Wildman–Crippen LogP) is 5.98. The van der Waals surface area contributed by atoms with Crippen LogP contribution in [0, 0.1) is 5.41 Å². The summed E-state index contributed by atoms with van der Waals surface area (Å²) in [5.41, 5.74) is 8.37. The van der Waals surface area contributed by atoms with Crippen molar-refractivity contribution in [2.45, 2.75) is 54.3 Å². The van der Waals surface area contributed by atoms with Gasteiger partial charge >= 0.3 is 12.1 Å². The Morgan fingerprint density at radius 2 is 1.62 bits per heavy atom. The topological polar surface area (TPSA) is 104 Å². The third-order valence-electron chi connectivity index (χ3n) is 3.71. The van der Waals surface area contributed by atoms with Crippen LogP contribution < -0.4 is 11.1 Å². The average Bonchev–Trinajstić information content (AvgIpc) is 2.76. The van der Waals surface area contributed by atoms with E-state index in [1.54, 1.807) is 24.3 Å². The van der Waals surface area contributed by atoms with E-state index in [0.29, 0.717) is 23.4 Å². The van der Waals surface area contributed by atoms with Crippen LogP contribution in [0.25, 0.3) is 10.9 Å². The van der Waals surface area contributed by atoms with Crippen LogP contribution in [0.5, 0.6) is 0 Å². The molecular weight excluding hydrogens is 430 g/mol. The summed E-state index contributed by atoms with van der Waals surface area (Å²) in [7, 11) is 1.54. The Labute approximate surface area is 202 Å². The molecule has 1 aromatic heterocycles. The van der Waals surface area contributed by atoms with Gasteiger partial charge in [0.1, 0.15) is 12.4 Å². The summed E-state index contributed by atoms with van der Waals surface area (Å²) in [6, 6.07) is 18.3. The van der Waals surface area contributed by atoms with Crippen LogP contribution >= 0.6 is 0 Å². The molecule has 0 aliphatic rings. The number of amides is 1. The molecule has 0 aliphatic heterocycles. The molecule has 0 aliphatic carbocycles.